The molecule has 0 saturated carbocycles. The van der Waals surface area contributed by atoms with Crippen LogP contribution >= 0.6 is 0 Å². The highest BCUT2D eigenvalue weighted by atomic mass is 15.2. The highest BCUT2D eigenvalue weighted by Gasteiger charge is 2.12. The molecule has 11 heavy (non-hydrogen) atoms. The number of fused-ring (bicyclic) bond motifs is 1. The van der Waals surface area contributed by atoms with Crippen molar-refractivity contribution in [2.24, 2.45) is 0 Å². The first-order valence-corrected chi connectivity index (χ1v) is 3.93. The lowest BCUT2D eigenvalue weighted by Gasteiger charge is -1.99. The lowest BCUT2D eigenvalue weighted by atomic mass is 10.2. The molecule has 0 fully saturated rings. The Morgan fingerprint density at radius 3 is 3.09 bits per heavy atom. The smallest absolute Gasteiger partial charge is 0.148 e. The van der Waals surface area contributed by atoms with Crippen LogP contribution in [0, 0.1) is 0 Å². The molecule has 0 aromatic carbocycles. The van der Waals surface area contributed by atoms with Crippen LogP contribution in [0.1, 0.15) is 17.7 Å². The number of nitrogens with zero attached hydrogens (tertiary/aromatic N) is 2. The zero-order valence-corrected chi connectivity index (χ0v) is 6.59. The zero-order chi connectivity index (χ0) is 7.68. The Balaban J connectivity index is 2.41. The van der Waals surface area contributed by atoms with Crippen LogP contribution in [0.15, 0.2) is 6.07 Å². The van der Waals surface area contributed by atoms with Crippen molar-refractivity contribution in [1.29, 1.82) is 0 Å². The summed E-state index contributed by atoms with van der Waals surface area (Å²) in [5.41, 5.74) is 2.55. The van der Waals surface area contributed by atoms with Crippen molar-refractivity contribution in [1.82, 2.24) is 10.2 Å². The average Bonchev–Trinajstić information content (AvgIpc) is 2.50. The molecule has 0 bridgehead atoms. The molecule has 1 N–H and O–H groups in total. The van der Waals surface area contributed by atoms with Gasteiger partial charge in [0.2, 0.25) is 0 Å². The molecule has 1 aromatic heterocycles. The molecule has 0 unspecified atom stereocenters. The molecule has 0 aliphatic heterocycles. The molecular weight excluding hydrogens is 138 g/mol. The summed E-state index contributed by atoms with van der Waals surface area (Å²) in [6, 6.07) is 2.09. The lowest BCUT2D eigenvalue weighted by Crippen LogP contribution is -1.98. The average molecular weight is 149 g/mol. The van der Waals surface area contributed by atoms with E-state index in [4.69, 9.17) is 0 Å². The quantitative estimate of drug-likeness (QED) is 0.647. The van der Waals surface area contributed by atoms with Crippen molar-refractivity contribution < 1.29 is 0 Å². The molecule has 1 heterocycles. The maximum atomic E-state index is 4.12. The molecule has 0 radical (unpaired) electrons. The van der Waals surface area contributed by atoms with Crippen LogP contribution < -0.4 is 5.32 Å². The van der Waals surface area contributed by atoms with Crippen molar-refractivity contribution in [2.75, 3.05) is 12.4 Å². The number of rotatable bonds is 1. The Labute approximate surface area is 65.8 Å². The Bertz CT molecular complexity index is 270. The van der Waals surface area contributed by atoms with Crippen LogP contribution in [0.4, 0.5) is 5.82 Å². The van der Waals surface area contributed by atoms with Gasteiger partial charge < -0.3 is 5.32 Å². The van der Waals surface area contributed by atoms with Crippen LogP contribution in [0.2, 0.25) is 0 Å². The third-order valence-electron chi connectivity index (χ3n) is 2.08. The van der Waals surface area contributed by atoms with Gasteiger partial charge in [0.15, 0.2) is 0 Å². The fraction of sp³-hybridized carbons (Fsp3) is 0.500. The van der Waals surface area contributed by atoms with E-state index in [0.29, 0.717) is 0 Å². The van der Waals surface area contributed by atoms with Gasteiger partial charge in [0.25, 0.3) is 0 Å². The number of nitrogens with one attached hydrogen (secondary N) is 1. The molecule has 58 valence electrons. The van der Waals surface area contributed by atoms with Gasteiger partial charge in [-0.1, -0.05) is 0 Å². The third-order valence-corrected chi connectivity index (χ3v) is 2.08. The van der Waals surface area contributed by atoms with Crippen molar-refractivity contribution in [2.45, 2.75) is 19.3 Å². The normalized spacial score (nSPS) is 14.6. The van der Waals surface area contributed by atoms with E-state index < -0.39 is 0 Å². The van der Waals surface area contributed by atoms with E-state index in [1.54, 1.807) is 0 Å². The summed E-state index contributed by atoms with van der Waals surface area (Å²) in [5, 5.41) is 11.1. The minimum absolute atomic E-state index is 0.880. The number of hydrogen-bond acceptors (Lipinski definition) is 3. The van der Waals surface area contributed by atoms with Gasteiger partial charge >= 0.3 is 0 Å². The molecule has 3 heteroatoms. The van der Waals surface area contributed by atoms with E-state index in [9.17, 15) is 0 Å². The Kier molecular flexibility index (Phi) is 1.49. The third kappa shape index (κ3) is 1.06. The van der Waals surface area contributed by atoms with Crippen molar-refractivity contribution in [3.05, 3.63) is 17.3 Å². The van der Waals surface area contributed by atoms with Crippen LogP contribution in [0.5, 0.6) is 0 Å². The topological polar surface area (TPSA) is 37.8 Å². The fourth-order valence-corrected chi connectivity index (χ4v) is 1.45. The molecule has 1 aromatic rings. The SMILES string of the molecule is CNc1cc2c(nn1)CCC2. The predicted molar refractivity (Wildman–Crippen MR) is 43.6 cm³/mol. The van der Waals surface area contributed by atoms with Crippen molar-refractivity contribution in [3.63, 3.8) is 0 Å². The Hall–Kier alpha value is -1.12. The van der Waals surface area contributed by atoms with E-state index in [2.05, 4.69) is 21.6 Å². The molecule has 0 saturated heterocycles. The first kappa shape index (κ1) is 6.58. The highest BCUT2D eigenvalue weighted by molar-refractivity contribution is 5.38. The first-order valence-electron chi connectivity index (χ1n) is 3.93. The maximum absolute atomic E-state index is 4.12. The summed E-state index contributed by atoms with van der Waals surface area (Å²) < 4.78 is 0. The number of anilines is 1. The van der Waals surface area contributed by atoms with E-state index in [1.807, 2.05) is 7.05 Å². The number of aryl methyl sites for hydroxylation is 2. The standard InChI is InChI=1S/C8H11N3/c1-9-8-5-6-3-2-4-7(6)10-11-8/h5H,2-4H2,1H3,(H,9,11). The minimum Gasteiger partial charge on any atom is -0.372 e. The van der Waals surface area contributed by atoms with Crippen LogP contribution in [-0.2, 0) is 12.8 Å². The van der Waals surface area contributed by atoms with Gasteiger partial charge in [0.1, 0.15) is 5.82 Å². The highest BCUT2D eigenvalue weighted by Crippen LogP contribution is 2.20. The summed E-state index contributed by atoms with van der Waals surface area (Å²) in [6.45, 7) is 0. The summed E-state index contributed by atoms with van der Waals surface area (Å²) >= 11 is 0. The molecule has 0 amide bonds. The molecule has 3 nitrogen and oxygen atoms in total. The van der Waals surface area contributed by atoms with Gasteiger partial charge in [0.05, 0.1) is 5.69 Å². The molecule has 2 rings (SSSR count). The van der Waals surface area contributed by atoms with Crippen molar-refractivity contribution in [3.8, 4) is 0 Å². The van der Waals surface area contributed by atoms with E-state index in [0.717, 1.165) is 12.2 Å². The van der Waals surface area contributed by atoms with Gasteiger partial charge in [-0.3, -0.25) is 0 Å². The second-order valence-electron chi connectivity index (χ2n) is 2.81. The molecule has 0 spiro atoms. The molecule has 1 aliphatic carbocycles. The predicted octanol–water partition coefficient (Wildman–Crippen LogP) is 1.01. The minimum atomic E-state index is 0.880. The second kappa shape index (κ2) is 2.49. The summed E-state index contributed by atoms with van der Waals surface area (Å²) in [6.07, 6.45) is 3.50. The number of hydrogen-bond donors (Lipinski definition) is 1. The van der Waals surface area contributed by atoms with Crippen LogP contribution in [0.3, 0.4) is 0 Å². The molecule has 0 atom stereocenters. The molecular formula is C8H11N3. The summed E-state index contributed by atoms with van der Waals surface area (Å²) in [7, 11) is 1.87. The van der Waals surface area contributed by atoms with E-state index >= 15 is 0 Å². The maximum Gasteiger partial charge on any atom is 0.148 e. The largest absolute Gasteiger partial charge is 0.372 e. The summed E-state index contributed by atoms with van der Waals surface area (Å²) in [4.78, 5) is 0. The fourth-order valence-electron chi connectivity index (χ4n) is 1.45. The van der Waals surface area contributed by atoms with Gasteiger partial charge in [-0.2, -0.15) is 5.10 Å². The first-order chi connectivity index (χ1) is 5.40. The van der Waals surface area contributed by atoms with Gasteiger partial charge in [-0.25, -0.2) is 0 Å². The van der Waals surface area contributed by atoms with Crippen LogP contribution in [0.25, 0.3) is 0 Å². The Morgan fingerprint density at radius 1 is 1.36 bits per heavy atom. The van der Waals surface area contributed by atoms with Crippen molar-refractivity contribution >= 4 is 5.82 Å². The van der Waals surface area contributed by atoms with Gasteiger partial charge in [0, 0.05) is 7.05 Å². The Morgan fingerprint density at radius 2 is 2.27 bits per heavy atom. The van der Waals surface area contributed by atoms with E-state index in [-0.39, 0.29) is 0 Å². The number of aromatic nitrogens is 2. The van der Waals surface area contributed by atoms with Crippen LogP contribution in [-0.4, -0.2) is 17.2 Å². The monoisotopic (exact) mass is 149 g/mol. The zero-order valence-electron chi connectivity index (χ0n) is 6.59. The van der Waals surface area contributed by atoms with E-state index in [1.165, 1.54) is 24.1 Å². The summed E-state index contributed by atoms with van der Waals surface area (Å²) in [5.74, 6) is 0.880. The van der Waals surface area contributed by atoms with Gasteiger partial charge in [-0.05, 0) is 30.9 Å². The van der Waals surface area contributed by atoms with Gasteiger partial charge in [-0.15, -0.1) is 5.10 Å². The molecule has 1 aliphatic rings. The second-order valence-corrected chi connectivity index (χ2v) is 2.81. The lowest BCUT2D eigenvalue weighted by molar-refractivity contribution is 0.879.